The first-order chi connectivity index (χ1) is 7.37. The van der Waals surface area contributed by atoms with E-state index in [4.69, 9.17) is 23.2 Å². The molecule has 0 heterocycles. The molecule has 0 bridgehead atoms. The smallest absolute Gasteiger partial charge is 0.230 e. The number of benzene rings is 1. The van der Waals surface area contributed by atoms with Gasteiger partial charge in [0, 0.05) is 16.6 Å². The molecule has 0 saturated heterocycles. The van der Waals surface area contributed by atoms with Crippen molar-refractivity contribution in [3.8, 4) is 0 Å². The number of hydrogen-bond donors (Lipinski definition) is 1. The molecule has 1 aromatic rings. The predicted octanol–water partition coefficient (Wildman–Crippen LogP) is 3.41. The van der Waals surface area contributed by atoms with Gasteiger partial charge in [-0.05, 0) is 44.5 Å². The summed E-state index contributed by atoms with van der Waals surface area (Å²) >= 11 is 11.8. The lowest BCUT2D eigenvalue weighted by molar-refractivity contribution is -0.125. The molecule has 0 unspecified atom stereocenters. The Balaban J connectivity index is 3.10. The number of carbonyl (C=O) groups is 1. The Hall–Kier alpha value is -0.730. The van der Waals surface area contributed by atoms with Crippen LogP contribution in [0.25, 0.3) is 0 Å². The summed E-state index contributed by atoms with van der Waals surface area (Å²) in [5.74, 6) is -0.0340. The van der Waals surface area contributed by atoms with E-state index in [-0.39, 0.29) is 5.91 Å². The van der Waals surface area contributed by atoms with Crippen LogP contribution in [-0.4, -0.2) is 12.5 Å². The molecule has 0 aliphatic rings. The molecule has 0 aliphatic carbocycles. The summed E-state index contributed by atoms with van der Waals surface area (Å²) < 4.78 is 0. The Morgan fingerprint density at radius 2 is 1.75 bits per heavy atom. The van der Waals surface area contributed by atoms with Crippen LogP contribution in [0.3, 0.4) is 0 Å². The summed E-state index contributed by atoms with van der Waals surface area (Å²) in [6.45, 7) is 6.19. The second-order valence-electron chi connectivity index (χ2n) is 4.14. The number of likely N-dealkylation sites (N-methyl/N-ethyl adjacent to an activating group) is 1. The Kier molecular flexibility index (Phi) is 4.22. The molecule has 0 radical (unpaired) electrons. The van der Waals surface area contributed by atoms with Crippen molar-refractivity contribution in [3.63, 3.8) is 0 Å². The van der Waals surface area contributed by atoms with Gasteiger partial charge in [-0.3, -0.25) is 4.79 Å². The molecule has 0 saturated carbocycles. The first-order valence-corrected chi connectivity index (χ1v) is 5.88. The highest BCUT2D eigenvalue weighted by Crippen LogP contribution is 2.29. The molecule has 0 atom stereocenters. The zero-order chi connectivity index (χ0) is 12.3. The highest BCUT2D eigenvalue weighted by atomic mass is 35.5. The first-order valence-electron chi connectivity index (χ1n) is 5.12. The molecule has 1 amide bonds. The number of nitrogens with one attached hydrogen (secondary N) is 1. The van der Waals surface area contributed by atoms with E-state index < -0.39 is 5.41 Å². The van der Waals surface area contributed by atoms with Crippen molar-refractivity contribution in [3.05, 3.63) is 33.8 Å². The number of amides is 1. The topological polar surface area (TPSA) is 29.1 Å². The second-order valence-corrected chi connectivity index (χ2v) is 5.02. The third-order valence-electron chi connectivity index (χ3n) is 2.49. The van der Waals surface area contributed by atoms with E-state index in [0.29, 0.717) is 16.6 Å². The normalized spacial score (nSPS) is 11.3. The number of halogens is 2. The fraction of sp³-hybridized carbons (Fsp3) is 0.417. The van der Waals surface area contributed by atoms with Crippen LogP contribution >= 0.6 is 23.2 Å². The molecule has 0 aromatic heterocycles. The molecule has 1 N–H and O–H groups in total. The average Bonchev–Trinajstić information content (AvgIpc) is 2.16. The third-order valence-corrected chi connectivity index (χ3v) is 2.93. The van der Waals surface area contributed by atoms with E-state index in [1.165, 1.54) is 0 Å². The molecule has 1 aromatic carbocycles. The quantitative estimate of drug-likeness (QED) is 0.886. The summed E-state index contributed by atoms with van der Waals surface area (Å²) in [7, 11) is 0. The van der Waals surface area contributed by atoms with Gasteiger partial charge >= 0.3 is 0 Å². The standard InChI is InChI=1S/C12H15Cl2NO/c1-4-15-11(16)12(2,3)8-5-9(13)7-10(14)6-8/h5-7H,4H2,1-3H3,(H,15,16). The zero-order valence-electron chi connectivity index (χ0n) is 9.60. The number of carbonyl (C=O) groups excluding carboxylic acids is 1. The van der Waals surface area contributed by atoms with Gasteiger partial charge in [-0.25, -0.2) is 0 Å². The molecule has 0 spiro atoms. The molecule has 1 rings (SSSR count). The van der Waals surface area contributed by atoms with E-state index in [0.717, 1.165) is 5.56 Å². The SMILES string of the molecule is CCNC(=O)C(C)(C)c1cc(Cl)cc(Cl)c1. The van der Waals surface area contributed by atoms with Gasteiger partial charge in [-0.2, -0.15) is 0 Å². The van der Waals surface area contributed by atoms with Gasteiger partial charge in [0.25, 0.3) is 0 Å². The summed E-state index contributed by atoms with van der Waals surface area (Å²) in [5.41, 5.74) is 0.181. The maximum Gasteiger partial charge on any atom is 0.230 e. The Morgan fingerprint density at radius 1 is 1.25 bits per heavy atom. The van der Waals surface area contributed by atoms with Crippen LogP contribution in [-0.2, 0) is 10.2 Å². The van der Waals surface area contributed by atoms with Crippen LogP contribution in [0.4, 0.5) is 0 Å². The van der Waals surface area contributed by atoms with Crippen LogP contribution in [0.15, 0.2) is 18.2 Å². The minimum absolute atomic E-state index is 0.0340. The summed E-state index contributed by atoms with van der Waals surface area (Å²) in [6.07, 6.45) is 0. The predicted molar refractivity (Wildman–Crippen MR) is 68.2 cm³/mol. The second kappa shape index (κ2) is 5.07. The molecule has 0 fully saturated rings. The van der Waals surface area contributed by atoms with Gasteiger partial charge in [0.05, 0.1) is 5.41 Å². The van der Waals surface area contributed by atoms with Crippen LogP contribution in [0, 0.1) is 0 Å². The van der Waals surface area contributed by atoms with Crippen molar-refractivity contribution < 1.29 is 4.79 Å². The van der Waals surface area contributed by atoms with Gasteiger partial charge in [0.15, 0.2) is 0 Å². The zero-order valence-corrected chi connectivity index (χ0v) is 11.1. The van der Waals surface area contributed by atoms with E-state index in [9.17, 15) is 4.79 Å². The van der Waals surface area contributed by atoms with Gasteiger partial charge < -0.3 is 5.32 Å². The number of hydrogen-bond acceptors (Lipinski definition) is 1. The highest BCUT2D eigenvalue weighted by Gasteiger charge is 2.29. The van der Waals surface area contributed by atoms with Crippen molar-refractivity contribution in [1.29, 1.82) is 0 Å². The largest absolute Gasteiger partial charge is 0.356 e. The average molecular weight is 260 g/mol. The maximum atomic E-state index is 11.9. The fourth-order valence-electron chi connectivity index (χ4n) is 1.43. The third kappa shape index (κ3) is 2.89. The molecule has 0 aliphatic heterocycles. The Labute approximate surface area is 106 Å². The lowest BCUT2D eigenvalue weighted by Gasteiger charge is -2.24. The molecule has 16 heavy (non-hydrogen) atoms. The maximum absolute atomic E-state index is 11.9. The molecule has 88 valence electrons. The minimum Gasteiger partial charge on any atom is -0.356 e. The van der Waals surface area contributed by atoms with Crippen LogP contribution in [0.2, 0.25) is 10.0 Å². The Morgan fingerprint density at radius 3 is 2.19 bits per heavy atom. The number of rotatable bonds is 3. The molecular weight excluding hydrogens is 245 g/mol. The van der Waals surface area contributed by atoms with Gasteiger partial charge in [0.1, 0.15) is 0 Å². The van der Waals surface area contributed by atoms with Gasteiger partial charge in [-0.15, -0.1) is 0 Å². The molecule has 2 nitrogen and oxygen atoms in total. The van der Waals surface area contributed by atoms with Gasteiger partial charge in [-0.1, -0.05) is 23.2 Å². The van der Waals surface area contributed by atoms with E-state index in [2.05, 4.69) is 5.32 Å². The summed E-state index contributed by atoms with van der Waals surface area (Å²) in [4.78, 5) is 11.9. The van der Waals surface area contributed by atoms with E-state index in [1.807, 2.05) is 20.8 Å². The minimum atomic E-state index is -0.634. The van der Waals surface area contributed by atoms with Crippen molar-refractivity contribution in [2.24, 2.45) is 0 Å². The first kappa shape index (κ1) is 13.3. The van der Waals surface area contributed by atoms with Crippen molar-refractivity contribution in [2.45, 2.75) is 26.2 Å². The van der Waals surface area contributed by atoms with E-state index in [1.54, 1.807) is 18.2 Å². The highest BCUT2D eigenvalue weighted by molar-refractivity contribution is 6.34. The Bertz CT molecular complexity index is 382. The van der Waals surface area contributed by atoms with Crippen molar-refractivity contribution in [1.82, 2.24) is 5.32 Å². The van der Waals surface area contributed by atoms with Crippen LogP contribution < -0.4 is 5.32 Å². The molecular formula is C12H15Cl2NO. The summed E-state index contributed by atoms with van der Waals surface area (Å²) in [6, 6.07) is 5.19. The van der Waals surface area contributed by atoms with E-state index >= 15 is 0 Å². The lowest BCUT2D eigenvalue weighted by atomic mass is 9.84. The van der Waals surface area contributed by atoms with Crippen molar-refractivity contribution >= 4 is 29.1 Å². The van der Waals surface area contributed by atoms with Gasteiger partial charge in [0.2, 0.25) is 5.91 Å². The molecule has 4 heteroatoms. The fourth-order valence-corrected chi connectivity index (χ4v) is 1.95. The summed E-state index contributed by atoms with van der Waals surface area (Å²) in [5, 5.41) is 3.88. The lowest BCUT2D eigenvalue weighted by Crippen LogP contribution is -2.39. The van der Waals surface area contributed by atoms with Crippen LogP contribution in [0.1, 0.15) is 26.3 Å². The monoisotopic (exact) mass is 259 g/mol. The van der Waals surface area contributed by atoms with Crippen LogP contribution in [0.5, 0.6) is 0 Å². The van der Waals surface area contributed by atoms with Crippen molar-refractivity contribution in [2.75, 3.05) is 6.54 Å².